The van der Waals surface area contributed by atoms with E-state index in [4.69, 9.17) is 5.73 Å². The molecule has 3 N–H and O–H groups in total. The second-order valence-corrected chi connectivity index (χ2v) is 5.77. The van der Waals surface area contributed by atoms with Gasteiger partial charge in [-0.15, -0.1) is 0 Å². The largest absolute Gasteiger partial charge is 0.399 e. The van der Waals surface area contributed by atoms with E-state index < -0.39 is 0 Å². The number of nitrogens with two attached hydrogens (primary N) is 1. The van der Waals surface area contributed by atoms with Gasteiger partial charge >= 0.3 is 0 Å². The molecule has 0 bridgehead atoms. The minimum atomic E-state index is 0.184. The van der Waals surface area contributed by atoms with Crippen molar-refractivity contribution in [3.63, 3.8) is 0 Å². The first-order valence-electron chi connectivity index (χ1n) is 7.28. The number of nitrogen functional groups attached to an aromatic ring is 1. The number of carbonyl (C=O) groups excluding carboxylic acids is 1. The van der Waals surface area contributed by atoms with Crippen LogP contribution in [0.2, 0.25) is 0 Å². The van der Waals surface area contributed by atoms with Gasteiger partial charge in [-0.05, 0) is 31.0 Å². The highest BCUT2D eigenvalue weighted by Crippen LogP contribution is 2.30. The highest BCUT2D eigenvalue weighted by molar-refractivity contribution is 5.97. The van der Waals surface area contributed by atoms with Crippen molar-refractivity contribution in [1.82, 2.24) is 10.2 Å². The summed E-state index contributed by atoms with van der Waals surface area (Å²) in [7, 11) is 0. The number of benzene rings is 1. The van der Waals surface area contributed by atoms with Gasteiger partial charge in [-0.25, -0.2) is 0 Å². The number of hydrogen-bond acceptors (Lipinski definition) is 4. The van der Waals surface area contributed by atoms with Crippen molar-refractivity contribution in [1.29, 1.82) is 0 Å². The molecule has 2 aliphatic rings. The summed E-state index contributed by atoms with van der Waals surface area (Å²) in [5, 5.41) is 3.39. The van der Waals surface area contributed by atoms with Crippen LogP contribution in [0.3, 0.4) is 0 Å². The number of piperazine rings is 1. The first kappa shape index (κ1) is 13.4. The zero-order valence-corrected chi connectivity index (χ0v) is 11.9. The van der Waals surface area contributed by atoms with Gasteiger partial charge in [-0.2, -0.15) is 0 Å². The fraction of sp³-hybridized carbons (Fsp3) is 0.533. The Morgan fingerprint density at radius 3 is 3.10 bits per heavy atom. The lowest BCUT2D eigenvalue weighted by Crippen LogP contribution is -2.52. The van der Waals surface area contributed by atoms with Crippen molar-refractivity contribution in [2.45, 2.75) is 19.4 Å². The van der Waals surface area contributed by atoms with Crippen LogP contribution in [0.15, 0.2) is 18.2 Å². The zero-order chi connectivity index (χ0) is 14.1. The first-order valence-corrected chi connectivity index (χ1v) is 7.28. The predicted octanol–water partition coefficient (Wildman–Crippen LogP) is 0.452. The van der Waals surface area contributed by atoms with Crippen LogP contribution < -0.4 is 16.0 Å². The quantitative estimate of drug-likeness (QED) is 0.769. The molecule has 0 saturated carbocycles. The van der Waals surface area contributed by atoms with Crippen LogP contribution in [0, 0.1) is 0 Å². The fourth-order valence-corrected chi connectivity index (χ4v) is 3.09. The van der Waals surface area contributed by atoms with Gasteiger partial charge in [0.1, 0.15) is 0 Å². The van der Waals surface area contributed by atoms with E-state index in [-0.39, 0.29) is 5.91 Å². The topological polar surface area (TPSA) is 61.6 Å². The number of rotatable bonds is 2. The molecule has 5 heteroatoms. The molecule has 2 aliphatic heterocycles. The van der Waals surface area contributed by atoms with E-state index in [1.807, 2.05) is 23.1 Å². The van der Waals surface area contributed by atoms with E-state index in [2.05, 4.69) is 17.1 Å². The van der Waals surface area contributed by atoms with Gasteiger partial charge in [0.25, 0.3) is 0 Å². The lowest BCUT2D eigenvalue weighted by molar-refractivity contribution is -0.119. The van der Waals surface area contributed by atoms with Gasteiger partial charge < -0.3 is 16.0 Å². The highest BCUT2D eigenvalue weighted by Gasteiger charge is 2.27. The molecule has 20 heavy (non-hydrogen) atoms. The van der Waals surface area contributed by atoms with Crippen molar-refractivity contribution in [3.8, 4) is 0 Å². The Morgan fingerprint density at radius 1 is 1.45 bits per heavy atom. The summed E-state index contributed by atoms with van der Waals surface area (Å²) < 4.78 is 0. The summed E-state index contributed by atoms with van der Waals surface area (Å²) in [4.78, 5) is 16.6. The molecule has 0 aromatic heterocycles. The monoisotopic (exact) mass is 274 g/mol. The molecule has 1 aromatic rings. The minimum absolute atomic E-state index is 0.184. The van der Waals surface area contributed by atoms with E-state index in [0.717, 1.165) is 44.0 Å². The van der Waals surface area contributed by atoms with Crippen LogP contribution in [0.4, 0.5) is 11.4 Å². The zero-order valence-electron chi connectivity index (χ0n) is 11.9. The standard InChI is InChI=1S/C15H22N4O/c1-11-9-18(7-5-17-11)10-15(20)19-6-4-12-2-3-13(16)8-14(12)19/h2-3,8,11,17H,4-7,9-10,16H2,1H3/t11-/m1/s1. The van der Waals surface area contributed by atoms with E-state index in [1.54, 1.807) is 0 Å². The van der Waals surface area contributed by atoms with Gasteiger partial charge in [-0.3, -0.25) is 9.69 Å². The molecule has 108 valence electrons. The maximum atomic E-state index is 12.5. The van der Waals surface area contributed by atoms with Crippen molar-refractivity contribution < 1.29 is 4.79 Å². The maximum Gasteiger partial charge on any atom is 0.241 e. The van der Waals surface area contributed by atoms with Crippen molar-refractivity contribution in [3.05, 3.63) is 23.8 Å². The van der Waals surface area contributed by atoms with E-state index in [1.165, 1.54) is 5.56 Å². The van der Waals surface area contributed by atoms with E-state index in [0.29, 0.717) is 12.6 Å². The maximum absolute atomic E-state index is 12.5. The number of amides is 1. The number of carbonyl (C=O) groups is 1. The average Bonchev–Trinajstić information content (AvgIpc) is 2.81. The molecule has 1 aromatic carbocycles. The molecule has 1 fully saturated rings. The Hall–Kier alpha value is -1.59. The lowest BCUT2D eigenvalue weighted by Gasteiger charge is -2.32. The van der Waals surface area contributed by atoms with Crippen molar-refractivity contribution in [2.24, 2.45) is 0 Å². The molecule has 1 atom stereocenters. The second kappa shape index (κ2) is 5.42. The van der Waals surface area contributed by atoms with E-state index >= 15 is 0 Å². The molecule has 1 amide bonds. The van der Waals surface area contributed by atoms with Crippen LogP contribution in [0.25, 0.3) is 0 Å². The average molecular weight is 274 g/mol. The number of hydrogen-bond donors (Lipinski definition) is 2. The molecule has 0 spiro atoms. The van der Waals surface area contributed by atoms with Crippen LogP contribution >= 0.6 is 0 Å². The molecule has 0 aliphatic carbocycles. The van der Waals surface area contributed by atoms with Gasteiger partial charge in [-0.1, -0.05) is 6.07 Å². The SMILES string of the molecule is C[C@@H]1CN(CC(=O)N2CCc3ccc(N)cc32)CCN1. The lowest BCUT2D eigenvalue weighted by atomic mass is 10.1. The van der Waals surface area contributed by atoms with Gasteiger partial charge in [0.05, 0.1) is 6.54 Å². The summed E-state index contributed by atoms with van der Waals surface area (Å²) in [6.07, 6.45) is 0.930. The van der Waals surface area contributed by atoms with Crippen molar-refractivity contribution in [2.75, 3.05) is 43.4 Å². The normalized spacial score (nSPS) is 22.9. The smallest absolute Gasteiger partial charge is 0.241 e. The van der Waals surface area contributed by atoms with Gasteiger partial charge in [0.15, 0.2) is 0 Å². The Labute approximate surface area is 119 Å². The summed E-state index contributed by atoms with van der Waals surface area (Å²) in [5.41, 5.74) is 8.78. The highest BCUT2D eigenvalue weighted by atomic mass is 16.2. The molecule has 0 unspecified atom stereocenters. The van der Waals surface area contributed by atoms with Crippen LogP contribution in [0.5, 0.6) is 0 Å². The molecule has 3 rings (SSSR count). The van der Waals surface area contributed by atoms with E-state index in [9.17, 15) is 4.79 Å². The number of nitrogens with zero attached hydrogens (tertiary/aromatic N) is 2. The summed E-state index contributed by atoms with van der Waals surface area (Å²) >= 11 is 0. The van der Waals surface area contributed by atoms with Gasteiger partial charge in [0.2, 0.25) is 5.91 Å². The second-order valence-electron chi connectivity index (χ2n) is 5.77. The molecule has 2 heterocycles. The number of nitrogens with one attached hydrogen (secondary N) is 1. The molecule has 5 nitrogen and oxygen atoms in total. The summed E-state index contributed by atoms with van der Waals surface area (Å²) in [5.74, 6) is 0.184. The van der Waals surface area contributed by atoms with Crippen molar-refractivity contribution >= 4 is 17.3 Å². The molecule has 0 radical (unpaired) electrons. The van der Waals surface area contributed by atoms with Crippen LogP contribution in [-0.4, -0.2) is 49.6 Å². The Balaban J connectivity index is 1.69. The molecular formula is C15H22N4O. The molecular weight excluding hydrogens is 252 g/mol. The van der Waals surface area contributed by atoms with Gasteiger partial charge in [0, 0.05) is 43.6 Å². The summed E-state index contributed by atoms with van der Waals surface area (Å²) in [6, 6.07) is 6.31. The Bertz CT molecular complexity index is 517. The molecule has 1 saturated heterocycles. The third kappa shape index (κ3) is 2.64. The first-order chi connectivity index (χ1) is 9.63. The third-order valence-electron chi connectivity index (χ3n) is 4.12. The number of anilines is 2. The third-order valence-corrected chi connectivity index (χ3v) is 4.12. The Kier molecular flexibility index (Phi) is 3.63. The Morgan fingerprint density at radius 2 is 2.30 bits per heavy atom. The number of fused-ring (bicyclic) bond motifs is 1. The predicted molar refractivity (Wildman–Crippen MR) is 80.8 cm³/mol. The summed E-state index contributed by atoms with van der Waals surface area (Å²) in [6.45, 7) is 6.26. The van der Waals surface area contributed by atoms with Crippen LogP contribution in [0.1, 0.15) is 12.5 Å². The minimum Gasteiger partial charge on any atom is -0.399 e. The van der Waals surface area contributed by atoms with Crippen LogP contribution in [-0.2, 0) is 11.2 Å². The fourth-order valence-electron chi connectivity index (χ4n) is 3.09.